The lowest BCUT2D eigenvalue weighted by molar-refractivity contribution is 0.0165. The Morgan fingerprint density at radius 1 is 1.20 bits per heavy atom. The summed E-state index contributed by atoms with van der Waals surface area (Å²) in [6, 6.07) is 6.07. The van der Waals surface area contributed by atoms with Crippen LogP contribution in [0.1, 0.15) is 30.7 Å². The van der Waals surface area contributed by atoms with E-state index in [9.17, 15) is 0 Å². The molecule has 110 valence electrons. The highest BCUT2D eigenvalue weighted by Crippen LogP contribution is 2.44. The van der Waals surface area contributed by atoms with Crippen LogP contribution in [0, 0.1) is 11.8 Å². The molecule has 2 fully saturated rings. The highest BCUT2D eigenvalue weighted by atomic mass is 35.5. The van der Waals surface area contributed by atoms with Crippen LogP contribution in [0.3, 0.4) is 0 Å². The summed E-state index contributed by atoms with van der Waals surface area (Å²) in [5.74, 6) is 1.78. The predicted octanol–water partition coefficient (Wildman–Crippen LogP) is 4.11. The number of benzene rings is 1. The summed E-state index contributed by atoms with van der Waals surface area (Å²) in [6.07, 6.45) is 4.11. The maximum atomic E-state index is 6.19. The summed E-state index contributed by atoms with van der Waals surface area (Å²) < 4.78 is 5.82. The largest absolute Gasteiger partial charge is 0.381 e. The van der Waals surface area contributed by atoms with Gasteiger partial charge >= 0.3 is 0 Å². The molecule has 2 nitrogen and oxygen atoms in total. The van der Waals surface area contributed by atoms with Crippen LogP contribution in [0.15, 0.2) is 18.2 Å². The second-order valence-electron chi connectivity index (χ2n) is 5.97. The molecule has 0 bridgehead atoms. The van der Waals surface area contributed by atoms with E-state index in [0.29, 0.717) is 28.0 Å². The molecule has 1 aliphatic heterocycles. The average molecular weight is 314 g/mol. The second kappa shape index (κ2) is 6.23. The third-order valence-corrected chi connectivity index (χ3v) is 5.42. The van der Waals surface area contributed by atoms with Crippen molar-refractivity contribution in [2.45, 2.75) is 31.3 Å². The molecule has 1 saturated carbocycles. The van der Waals surface area contributed by atoms with E-state index >= 15 is 0 Å². The smallest absolute Gasteiger partial charge is 0.0645 e. The van der Waals surface area contributed by atoms with Crippen LogP contribution in [0.25, 0.3) is 0 Å². The SMILES string of the molecule is COC(C1CC1)[C@H]1CNCC[C@H]1c1ccc(Cl)c(Cl)c1. The summed E-state index contributed by atoms with van der Waals surface area (Å²) in [5.41, 5.74) is 1.30. The monoisotopic (exact) mass is 313 g/mol. The number of hydrogen-bond acceptors (Lipinski definition) is 2. The van der Waals surface area contributed by atoms with Crippen LogP contribution in [0.5, 0.6) is 0 Å². The minimum Gasteiger partial charge on any atom is -0.381 e. The molecule has 2 aliphatic rings. The molecule has 1 aromatic carbocycles. The maximum Gasteiger partial charge on any atom is 0.0645 e. The Balaban J connectivity index is 1.85. The number of hydrogen-bond donors (Lipinski definition) is 1. The molecule has 1 saturated heterocycles. The van der Waals surface area contributed by atoms with Gasteiger partial charge in [0.1, 0.15) is 0 Å². The van der Waals surface area contributed by atoms with Gasteiger partial charge in [-0.05, 0) is 55.3 Å². The predicted molar refractivity (Wildman–Crippen MR) is 83.7 cm³/mol. The van der Waals surface area contributed by atoms with Crippen molar-refractivity contribution in [3.8, 4) is 0 Å². The number of rotatable bonds is 4. The Kier molecular flexibility index (Phi) is 4.56. The molecule has 1 aromatic rings. The molecular weight excluding hydrogens is 293 g/mol. The fourth-order valence-electron chi connectivity index (χ4n) is 3.53. The minimum absolute atomic E-state index is 0.363. The van der Waals surface area contributed by atoms with E-state index < -0.39 is 0 Å². The van der Waals surface area contributed by atoms with Crippen LogP contribution in [-0.4, -0.2) is 26.3 Å². The highest BCUT2D eigenvalue weighted by molar-refractivity contribution is 6.42. The first-order valence-corrected chi connectivity index (χ1v) is 8.14. The van der Waals surface area contributed by atoms with Gasteiger partial charge in [-0.3, -0.25) is 0 Å². The molecule has 20 heavy (non-hydrogen) atoms. The van der Waals surface area contributed by atoms with Crippen molar-refractivity contribution in [2.24, 2.45) is 11.8 Å². The number of ether oxygens (including phenoxy) is 1. The van der Waals surface area contributed by atoms with E-state index in [-0.39, 0.29) is 0 Å². The molecule has 1 aliphatic carbocycles. The summed E-state index contributed by atoms with van der Waals surface area (Å²) in [4.78, 5) is 0. The molecule has 3 rings (SSSR count). The van der Waals surface area contributed by atoms with Gasteiger partial charge in [0.15, 0.2) is 0 Å². The maximum absolute atomic E-state index is 6.19. The Morgan fingerprint density at radius 3 is 2.65 bits per heavy atom. The summed E-state index contributed by atoms with van der Waals surface area (Å²) >= 11 is 12.2. The number of nitrogens with one attached hydrogen (secondary N) is 1. The van der Waals surface area contributed by atoms with Crippen LogP contribution >= 0.6 is 23.2 Å². The summed E-state index contributed by atoms with van der Waals surface area (Å²) in [7, 11) is 1.85. The lowest BCUT2D eigenvalue weighted by atomic mass is 9.77. The molecule has 0 radical (unpaired) electrons. The van der Waals surface area contributed by atoms with Crippen molar-refractivity contribution in [3.63, 3.8) is 0 Å². The fraction of sp³-hybridized carbons (Fsp3) is 0.625. The quantitative estimate of drug-likeness (QED) is 0.903. The highest BCUT2D eigenvalue weighted by Gasteiger charge is 2.41. The van der Waals surface area contributed by atoms with E-state index in [1.54, 1.807) is 0 Å². The Morgan fingerprint density at radius 2 is 2.00 bits per heavy atom. The van der Waals surface area contributed by atoms with Gasteiger partial charge in [0.05, 0.1) is 16.1 Å². The number of methoxy groups -OCH3 is 1. The standard InChI is InChI=1S/C16H21Cl2NO/c1-20-16(10-2-3-10)13-9-19-7-6-12(13)11-4-5-14(17)15(18)8-11/h4-5,8,10,12-13,16,19H,2-3,6-7,9H2,1H3/t12-,13-,16?/m0/s1. The molecular formula is C16H21Cl2NO. The van der Waals surface area contributed by atoms with Gasteiger partial charge in [-0.2, -0.15) is 0 Å². The van der Waals surface area contributed by atoms with Gasteiger partial charge in [-0.15, -0.1) is 0 Å². The average Bonchev–Trinajstić information content (AvgIpc) is 3.28. The van der Waals surface area contributed by atoms with Crippen LogP contribution in [-0.2, 0) is 4.74 Å². The molecule has 1 N–H and O–H groups in total. The normalized spacial score (nSPS) is 28.4. The zero-order chi connectivity index (χ0) is 14.1. The van der Waals surface area contributed by atoms with Gasteiger partial charge < -0.3 is 10.1 Å². The third kappa shape index (κ3) is 2.99. The Labute approximate surface area is 130 Å². The molecule has 1 unspecified atom stereocenters. The molecule has 0 spiro atoms. The van der Waals surface area contributed by atoms with Gasteiger partial charge in [0.2, 0.25) is 0 Å². The van der Waals surface area contributed by atoms with Crippen molar-refractivity contribution in [3.05, 3.63) is 33.8 Å². The minimum atomic E-state index is 0.363. The first-order valence-electron chi connectivity index (χ1n) is 7.39. The van der Waals surface area contributed by atoms with E-state index in [1.807, 2.05) is 19.2 Å². The van der Waals surface area contributed by atoms with Crippen molar-refractivity contribution in [1.82, 2.24) is 5.32 Å². The van der Waals surface area contributed by atoms with Crippen molar-refractivity contribution < 1.29 is 4.74 Å². The van der Waals surface area contributed by atoms with Gasteiger partial charge in [-0.25, -0.2) is 0 Å². The van der Waals surface area contributed by atoms with E-state index in [0.717, 1.165) is 25.4 Å². The topological polar surface area (TPSA) is 21.3 Å². The lowest BCUT2D eigenvalue weighted by Gasteiger charge is -2.37. The lowest BCUT2D eigenvalue weighted by Crippen LogP contribution is -2.43. The van der Waals surface area contributed by atoms with Crippen LogP contribution in [0.4, 0.5) is 0 Å². The third-order valence-electron chi connectivity index (χ3n) is 4.68. The van der Waals surface area contributed by atoms with E-state index in [1.165, 1.54) is 18.4 Å². The Hall–Kier alpha value is -0.280. The molecule has 3 atom stereocenters. The summed E-state index contributed by atoms with van der Waals surface area (Å²) in [5, 5.41) is 4.80. The van der Waals surface area contributed by atoms with E-state index in [4.69, 9.17) is 27.9 Å². The van der Waals surface area contributed by atoms with E-state index in [2.05, 4.69) is 11.4 Å². The first-order chi connectivity index (χ1) is 9.70. The van der Waals surface area contributed by atoms with Crippen molar-refractivity contribution in [2.75, 3.05) is 20.2 Å². The fourth-order valence-corrected chi connectivity index (χ4v) is 3.83. The molecule has 0 aromatic heterocycles. The molecule has 1 heterocycles. The second-order valence-corrected chi connectivity index (χ2v) is 6.79. The number of halogens is 2. The van der Waals surface area contributed by atoms with Crippen molar-refractivity contribution in [1.29, 1.82) is 0 Å². The summed E-state index contributed by atoms with van der Waals surface area (Å²) in [6.45, 7) is 2.09. The zero-order valence-corrected chi connectivity index (χ0v) is 13.3. The molecule has 4 heteroatoms. The zero-order valence-electron chi connectivity index (χ0n) is 11.7. The van der Waals surface area contributed by atoms with Gasteiger partial charge in [-0.1, -0.05) is 29.3 Å². The molecule has 0 amide bonds. The Bertz CT molecular complexity index is 476. The number of piperidine rings is 1. The van der Waals surface area contributed by atoms with Crippen molar-refractivity contribution >= 4 is 23.2 Å². The van der Waals surface area contributed by atoms with Gasteiger partial charge in [0.25, 0.3) is 0 Å². The van der Waals surface area contributed by atoms with Crippen LogP contribution < -0.4 is 5.32 Å². The first kappa shape index (κ1) is 14.6. The van der Waals surface area contributed by atoms with Gasteiger partial charge in [0, 0.05) is 19.6 Å². The van der Waals surface area contributed by atoms with Crippen LogP contribution in [0.2, 0.25) is 10.0 Å².